The van der Waals surface area contributed by atoms with Crippen LogP contribution in [-0.2, 0) is 42.2 Å². The molecule has 0 aliphatic carbocycles. The monoisotopic (exact) mass is 971 g/mol. The third-order valence-corrected chi connectivity index (χ3v) is 11.1. The van der Waals surface area contributed by atoms with Crippen molar-refractivity contribution in [3.63, 3.8) is 0 Å². The first-order valence-electron chi connectivity index (χ1n) is 25.8. The van der Waals surface area contributed by atoms with Gasteiger partial charge in [0.2, 0.25) is 0 Å². The van der Waals surface area contributed by atoms with E-state index < -0.39 is 57.8 Å². The molecule has 3 unspecified atom stereocenters. The minimum absolute atomic E-state index is 0.116. The standard InChI is InChI=1S/C56H91O11P/c1-4-7-10-13-16-19-22-25-26-29-30-33-36-39-42-45-54(58)63-49-53(67-56(60)47-44-41-38-35-32-28-24-21-18-15-12-9-6-3)51-65-68(61,62)64-50-52(48-57)66-55(59)46-43-40-37-34-31-27-23-20-17-14-11-8-5-2/h7,9-12,14,16,18-21,23,25-26,28,30,32-33,52-53,57H,4-6,8,13,15,17,22,24,27,29,31,34-51H2,1-3H3,(H,61,62)/b10-7-,12-9-,14-11-,19-16-,21-18-,23-20-,26-25-,32-28-,33-30-. The molecule has 0 aromatic carbocycles. The van der Waals surface area contributed by atoms with Crippen molar-refractivity contribution in [2.45, 2.75) is 200 Å². The Bertz CT molecular complexity index is 1550. The number of phosphoric ester groups is 1. The van der Waals surface area contributed by atoms with Crippen LogP contribution in [0.15, 0.2) is 109 Å². The number of carbonyl (C=O) groups excluding carboxylic acids is 3. The van der Waals surface area contributed by atoms with Gasteiger partial charge in [-0.2, -0.15) is 0 Å². The van der Waals surface area contributed by atoms with Gasteiger partial charge >= 0.3 is 25.7 Å². The topological polar surface area (TPSA) is 155 Å². The Labute approximate surface area is 412 Å². The van der Waals surface area contributed by atoms with Crippen molar-refractivity contribution in [2.24, 2.45) is 0 Å². The molecule has 0 amide bonds. The first kappa shape index (κ1) is 64.1. The molecule has 11 nitrogen and oxygen atoms in total. The Hall–Kier alpha value is -3.86. The number of aliphatic hydroxyl groups is 1. The molecule has 12 heteroatoms. The summed E-state index contributed by atoms with van der Waals surface area (Å²) in [5.41, 5.74) is 0. The normalized spacial score (nSPS) is 14.4. The molecule has 0 aliphatic heterocycles. The van der Waals surface area contributed by atoms with E-state index in [1.165, 1.54) is 0 Å². The van der Waals surface area contributed by atoms with Crippen LogP contribution < -0.4 is 0 Å². The average molecular weight is 971 g/mol. The highest BCUT2D eigenvalue weighted by atomic mass is 31.2. The summed E-state index contributed by atoms with van der Waals surface area (Å²) < 4.78 is 39.3. The van der Waals surface area contributed by atoms with Crippen LogP contribution in [0.1, 0.15) is 188 Å². The van der Waals surface area contributed by atoms with E-state index in [9.17, 15) is 28.9 Å². The second-order valence-electron chi connectivity index (χ2n) is 16.6. The lowest BCUT2D eigenvalue weighted by Crippen LogP contribution is -2.30. The maximum absolute atomic E-state index is 12.8. The van der Waals surface area contributed by atoms with Crippen molar-refractivity contribution < 1.29 is 52.2 Å². The molecule has 0 saturated carbocycles. The molecule has 3 atom stereocenters. The van der Waals surface area contributed by atoms with Gasteiger partial charge in [-0.25, -0.2) is 4.57 Å². The first-order chi connectivity index (χ1) is 33.2. The number of phosphoric acid groups is 1. The largest absolute Gasteiger partial charge is 0.472 e. The molecule has 0 bridgehead atoms. The van der Waals surface area contributed by atoms with Crippen LogP contribution in [0.5, 0.6) is 0 Å². The van der Waals surface area contributed by atoms with Gasteiger partial charge < -0.3 is 24.2 Å². The Kier molecular flexibility index (Phi) is 46.7. The lowest BCUT2D eigenvalue weighted by molar-refractivity contribution is -0.161. The summed E-state index contributed by atoms with van der Waals surface area (Å²) in [4.78, 5) is 48.3. The SMILES string of the molecule is CC/C=C\C/C=C\C/C=C\C/C=C\CCCCC(=O)OCC(COP(=O)(O)OCC(CO)OC(=O)CCCCCCC/C=C\C/C=C\CCC)OC(=O)CCCCC/C=C\C/C=C\C/C=C\CC. The van der Waals surface area contributed by atoms with E-state index in [0.717, 1.165) is 128 Å². The van der Waals surface area contributed by atoms with Gasteiger partial charge in [-0.15, -0.1) is 0 Å². The summed E-state index contributed by atoms with van der Waals surface area (Å²) in [6.07, 6.45) is 57.8. The highest BCUT2D eigenvalue weighted by Gasteiger charge is 2.28. The fourth-order valence-corrected chi connectivity index (χ4v) is 7.06. The minimum atomic E-state index is -4.77. The van der Waals surface area contributed by atoms with Gasteiger partial charge in [0.05, 0.1) is 19.8 Å². The third-order valence-electron chi connectivity index (χ3n) is 10.1. The Morgan fingerprint density at radius 2 is 0.765 bits per heavy atom. The number of rotatable bonds is 46. The number of esters is 3. The number of carbonyl (C=O) groups is 3. The fraction of sp³-hybridized carbons (Fsp3) is 0.625. The number of unbranched alkanes of at least 4 members (excludes halogenated alkanes) is 11. The Morgan fingerprint density at radius 3 is 1.22 bits per heavy atom. The van der Waals surface area contributed by atoms with E-state index in [0.29, 0.717) is 19.3 Å². The molecular weight excluding hydrogens is 880 g/mol. The molecule has 68 heavy (non-hydrogen) atoms. The molecule has 0 spiro atoms. The zero-order chi connectivity index (χ0) is 49.9. The molecule has 0 heterocycles. The van der Waals surface area contributed by atoms with Crippen molar-refractivity contribution in [1.29, 1.82) is 0 Å². The van der Waals surface area contributed by atoms with Crippen molar-refractivity contribution >= 4 is 25.7 Å². The molecule has 0 aromatic heterocycles. The first-order valence-corrected chi connectivity index (χ1v) is 27.3. The van der Waals surface area contributed by atoms with Gasteiger partial charge in [-0.05, 0) is 116 Å². The lowest BCUT2D eigenvalue weighted by Gasteiger charge is -2.21. The molecule has 0 aromatic rings. The van der Waals surface area contributed by atoms with E-state index in [4.69, 9.17) is 23.3 Å². The lowest BCUT2D eigenvalue weighted by atomic mass is 10.1. The molecule has 386 valence electrons. The van der Waals surface area contributed by atoms with Gasteiger partial charge in [0.25, 0.3) is 0 Å². The summed E-state index contributed by atoms with van der Waals surface area (Å²) in [5.74, 6) is -1.58. The van der Waals surface area contributed by atoms with Crippen LogP contribution >= 0.6 is 7.82 Å². The number of hydrogen-bond acceptors (Lipinski definition) is 10. The predicted molar refractivity (Wildman–Crippen MR) is 279 cm³/mol. The molecule has 0 saturated heterocycles. The van der Waals surface area contributed by atoms with Gasteiger partial charge in [0.1, 0.15) is 12.7 Å². The fourth-order valence-electron chi connectivity index (χ4n) is 6.28. The third kappa shape index (κ3) is 47.2. The van der Waals surface area contributed by atoms with Crippen molar-refractivity contribution in [3.8, 4) is 0 Å². The number of hydrogen-bond donors (Lipinski definition) is 2. The van der Waals surface area contributed by atoms with E-state index in [1.807, 2.05) is 0 Å². The zero-order valence-corrected chi connectivity index (χ0v) is 43.2. The van der Waals surface area contributed by atoms with Crippen LogP contribution in [-0.4, -0.2) is 66.5 Å². The summed E-state index contributed by atoms with van der Waals surface area (Å²) in [5, 5.41) is 9.77. The van der Waals surface area contributed by atoms with E-state index >= 15 is 0 Å². The average Bonchev–Trinajstić information content (AvgIpc) is 3.32. The van der Waals surface area contributed by atoms with Crippen molar-refractivity contribution in [1.82, 2.24) is 0 Å². The molecular formula is C56H91O11P. The van der Waals surface area contributed by atoms with Crippen LogP contribution in [0.4, 0.5) is 0 Å². The van der Waals surface area contributed by atoms with Gasteiger partial charge in [0.15, 0.2) is 6.10 Å². The highest BCUT2D eigenvalue weighted by molar-refractivity contribution is 7.47. The second-order valence-corrected chi connectivity index (χ2v) is 18.0. The Morgan fingerprint density at radius 1 is 0.426 bits per heavy atom. The smallest absolute Gasteiger partial charge is 0.462 e. The van der Waals surface area contributed by atoms with Gasteiger partial charge in [-0.1, -0.05) is 162 Å². The minimum Gasteiger partial charge on any atom is -0.462 e. The zero-order valence-electron chi connectivity index (χ0n) is 42.3. The summed E-state index contributed by atoms with van der Waals surface area (Å²) in [6, 6.07) is 0. The number of allylic oxidation sites excluding steroid dienone is 18. The Balaban J connectivity index is 4.86. The van der Waals surface area contributed by atoms with Gasteiger partial charge in [-0.3, -0.25) is 23.4 Å². The maximum Gasteiger partial charge on any atom is 0.472 e. The summed E-state index contributed by atoms with van der Waals surface area (Å²) in [7, 11) is -4.77. The number of ether oxygens (including phenoxy) is 3. The van der Waals surface area contributed by atoms with Crippen LogP contribution in [0.2, 0.25) is 0 Å². The van der Waals surface area contributed by atoms with Crippen LogP contribution in [0.3, 0.4) is 0 Å². The second kappa shape index (κ2) is 49.6. The van der Waals surface area contributed by atoms with Gasteiger partial charge in [0, 0.05) is 19.3 Å². The van der Waals surface area contributed by atoms with E-state index in [2.05, 4.69) is 130 Å². The predicted octanol–water partition coefficient (Wildman–Crippen LogP) is 14.7. The van der Waals surface area contributed by atoms with Crippen molar-refractivity contribution in [2.75, 3.05) is 26.4 Å². The van der Waals surface area contributed by atoms with Crippen molar-refractivity contribution in [3.05, 3.63) is 109 Å². The maximum atomic E-state index is 12.8. The quantitative estimate of drug-likeness (QED) is 0.0197. The van der Waals surface area contributed by atoms with E-state index in [1.54, 1.807) is 0 Å². The molecule has 0 aliphatic rings. The number of aliphatic hydroxyl groups excluding tert-OH is 1. The summed E-state index contributed by atoms with van der Waals surface area (Å²) >= 11 is 0. The van der Waals surface area contributed by atoms with E-state index in [-0.39, 0.29) is 25.9 Å². The molecule has 0 rings (SSSR count). The highest BCUT2D eigenvalue weighted by Crippen LogP contribution is 2.43. The van der Waals surface area contributed by atoms with Crippen LogP contribution in [0, 0.1) is 0 Å². The summed E-state index contributed by atoms with van der Waals surface area (Å²) in [6.45, 7) is 4.21. The molecule has 0 radical (unpaired) electrons. The van der Waals surface area contributed by atoms with Crippen LogP contribution in [0.25, 0.3) is 0 Å². The molecule has 0 fully saturated rings. The molecule has 2 N–H and O–H groups in total.